The number of fused-ring (bicyclic) bond motifs is 1. The third kappa shape index (κ3) is 3.64. The van der Waals surface area contributed by atoms with Crippen molar-refractivity contribution >= 4 is 20.9 Å². The van der Waals surface area contributed by atoms with E-state index in [2.05, 4.69) is 26.9 Å². The molecule has 7 heteroatoms. The van der Waals surface area contributed by atoms with Gasteiger partial charge in [-0.3, -0.25) is 15.8 Å². The Morgan fingerprint density at radius 3 is 2.61 bits per heavy atom. The highest BCUT2D eigenvalue weighted by atomic mass is 32.2. The lowest BCUT2D eigenvalue weighted by atomic mass is 9.73. The molecule has 1 spiro atoms. The van der Waals surface area contributed by atoms with Gasteiger partial charge >= 0.3 is 0 Å². The molecule has 1 aromatic heterocycles. The molecule has 2 fully saturated rings. The number of aromatic nitrogens is 2. The zero-order valence-corrected chi connectivity index (χ0v) is 18.8. The molecule has 1 aliphatic heterocycles. The van der Waals surface area contributed by atoms with Crippen LogP contribution in [0.3, 0.4) is 0 Å². The normalized spacial score (nSPS) is 24.1. The van der Waals surface area contributed by atoms with E-state index < -0.39 is 9.84 Å². The van der Waals surface area contributed by atoms with Gasteiger partial charge in [-0.25, -0.2) is 13.4 Å². The van der Waals surface area contributed by atoms with E-state index in [0.717, 1.165) is 60.9 Å². The monoisotopic (exact) mass is 436 g/mol. The number of sulfone groups is 1. The number of para-hydroxylation sites is 1. The molecule has 5 rings (SSSR count). The first kappa shape index (κ1) is 20.5. The van der Waals surface area contributed by atoms with Crippen molar-refractivity contribution in [2.75, 3.05) is 6.54 Å². The first-order valence-corrected chi connectivity index (χ1v) is 12.4. The van der Waals surface area contributed by atoms with Crippen LogP contribution in [0.25, 0.3) is 11.0 Å². The second-order valence-electron chi connectivity index (χ2n) is 9.05. The Labute approximate surface area is 183 Å². The molecule has 6 nitrogen and oxygen atoms in total. The summed E-state index contributed by atoms with van der Waals surface area (Å²) < 4.78 is 26.8. The summed E-state index contributed by atoms with van der Waals surface area (Å²) in [7, 11) is -3.74. The number of aryl methyl sites for hydroxylation is 2. The Bertz CT molecular complexity index is 1240. The zero-order valence-electron chi connectivity index (χ0n) is 18.0. The lowest BCUT2D eigenvalue weighted by Crippen LogP contribution is -2.46. The van der Waals surface area contributed by atoms with Gasteiger partial charge < -0.3 is 0 Å². The van der Waals surface area contributed by atoms with Crippen molar-refractivity contribution in [3.05, 3.63) is 59.3 Å². The van der Waals surface area contributed by atoms with Gasteiger partial charge in [0.05, 0.1) is 22.1 Å². The minimum absolute atomic E-state index is 0.0232. The lowest BCUT2D eigenvalue weighted by Gasteiger charge is -2.37. The summed E-state index contributed by atoms with van der Waals surface area (Å²) in [5.74, 6) is 0.365. The van der Waals surface area contributed by atoms with Gasteiger partial charge in [-0.05, 0) is 80.7 Å². The van der Waals surface area contributed by atoms with Gasteiger partial charge in [-0.15, -0.1) is 0 Å². The van der Waals surface area contributed by atoms with Gasteiger partial charge in [0, 0.05) is 12.1 Å². The molecule has 3 aromatic rings. The highest BCUT2D eigenvalue weighted by Crippen LogP contribution is 2.42. The summed E-state index contributed by atoms with van der Waals surface area (Å²) >= 11 is 0. The van der Waals surface area contributed by atoms with E-state index in [-0.39, 0.29) is 10.6 Å². The Morgan fingerprint density at radius 2 is 1.87 bits per heavy atom. The third-order valence-corrected chi connectivity index (χ3v) is 8.72. The summed E-state index contributed by atoms with van der Waals surface area (Å²) in [6.45, 7) is 4.73. The minimum Gasteiger partial charge on any atom is -0.257 e. The summed E-state index contributed by atoms with van der Waals surface area (Å²) in [5, 5.41) is 0.0232. The van der Waals surface area contributed by atoms with Crippen LogP contribution in [-0.2, 0) is 9.84 Å². The van der Waals surface area contributed by atoms with E-state index in [4.69, 9.17) is 0 Å². The van der Waals surface area contributed by atoms with Crippen LogP contribution in [0.2, 0.25) is 0 Å². The Morgan fingerprint density at radius 1 is 1.06 bits per heavy atom. The molecule has 1 aliphatic carbocycles. The molecule has 0 radical (unpaired) electrons. The zero-order chi connectivity index (χ0) is 21.6. The van der Waals surface area contributed by atoms with Crippen LogP contribution in [0, 0.1) is 13.8 Å². The van der Waals surface area contributed by atoms with Crippen molar-refractivity contribution in [2.45, 2.75) is 67.3 Å². The van der Waals surface area contributed by atoms with Gasteiger partial charge in [0.2, 0.25) is 9.84 Å². The number of nitrogens with zero attached hydrogens (tertiary/aromatic N) is 2. The van der Waals surface area contributed by atoms with E-state index in [9.17, 15) is 8.42 Å². The molecule has 0 bridgehead atoms. The Hall–Kier alpha value is -2.35. The SMILES string of the molecule is Cc1ccc(C)c(S(=O)(=O)c2cnc3cccc(C4CCC5(CCNN5)CC4)c3n2)c1. The topological polar surface area (TPSA) is 84.0 Å². The molecule has 2 N–H and O–H groups in total. The average Bonchev–Trinajstić information content (AvgIpc) is 3.23. The van der Waals surface area contributed by atoms with Gasteiger partial charge in [-0.1, -0.05) is 24.3 Å². The van der Waals surface area contributed by atoms with Crippen LogP contribution in [0.15, 0.2) is 52.5 Å². The summed E-state index contributed by atoms with van der Waals surface area (Å²) in [6.07, 6.45) is 6.89. The smallest absolute Gasteiger partial charge is 0.225 e. The van der Waals surface area contributed by atoms with Gasteiger partial charge in [0.1, 0.15) is 0 Å². The summed E-state index contributed by atoms with van der Waals surface area (Å²) in [6, 6.07) is 11.5. The van der Waals surface area contributed by atoms with Gasteiger partial charge in [0.25, 0.3) is 0 Å². The number of rotatable bonds is 3. The van der Waals surface area contributed by atoms with Crippen LogP contribution in [0.5, 0.6) is 0 Å². The van der Waals surface area contributed by atoms with Crippen LogP contribution in [0.1, 0.15) is 54.7 Å². The minimum atomic E-state index is -3.74. The maximum absolute atomic E-state index is 13.4. The lowest BCUT2D eigenvalue weighted by molar-refractivity contribution is 0.235. The fraction of sp³-hybridized carbons (Fsp3) is 0.417. The quantitative estimate of drug-likeness (QED) is 0.646. The van der Waals surface area contributed by atoms with Crippen molar-refractivity contribution in [1.29, 1.82) is 0 Å². The molecular formula is C24H28N4O2S. The van der Waals surface area contributed by atoms with Crippen LogP contribution >= 0.6 is 0 Å². The van der Waals surface area contributed by atoms with Crippen LogP contribution in [0.4, 0.5) is 0 Å². The van der Waals surface area contributed by atoms with E-state index in [1.165, 1.54) is 6.20 Å². The first-order valence-electron chi connectivity index (χ1n) is 11.0. The highest BCUT2D eigenvalue weighted by Gasteiger charge is 2.38. The molecule has 0 atom stereocenters. The second-order valence-corrected chi connectivity index (χ2v) is 10.9. The Balaban J connectivity index is 1.53. The Kier molecular flexibility index (Phi) is 5.07. The summed E-state index contributed by atoms with van der Waals surface area (Å²) in [5.41, 5.74) is 11.2. The predicted molar refractivity (Wildman–Crippen MR) is 121 cm³/mol. The molecule has 2 aliphatic rings. The highest BCUT2D eigenvalue weighted by molar-refractivity contribution is 7.91. The molecule has 0 unspecified atom stereocenters. The maximum Gasteiger partial charge on any atom is 0.225 e. The van der Waals surface area contributed by atoms with E-state index in [0.29, 0.717) is 16.3 Å². The molecule has 1 saturated carbocycles. The van der Waals surface area contributed by atoms with E-state index in [1.54, 1.807) is 6.07 Å². The molecule has 1 saturated heterocycles. The number of hydrogen-bond donors (Lipinski definition) is 2. The molecule has 31 heavy (non-hydrogen) atoms. The fourth-order valence-electron chi connectivity index (χ4n) is 5.08. The second kappa shape index (κ2) is 7.65. The molecule has 162 valence electrons. The number of benzene rings is 2. The third-order valence-electron chi connectivity index (χ3n) is 6.96. The van der Waals surface area contributed by atoms with Crippen molar-refractivity contribution < 1.29 is 8.42 Å². The number of nitrogens with one attached hydrogen (secondary N) is 2. The van der Waals surface area contributed by atoms with Gasteiger partial charge in [-0.2, -0.15) is 0 Å². The van der Waals surface area contributed by atoms with Crippen molar-refractivity contribution in [2.24, 2.45) is 0 Å². The molecule has 0 amide bonds. The largest absolute Gasteiger partial charge is 0.257 e. The molecule has 2 heterocycles. The van der Waals surface area contributed by atoms with E-state index in [1.807, 2.05) is 38.1 Å². The van der Waals surface area contributed by atoms with Crippen LogP contribution in [-0.4, -0.2) is 30.5 Å². The first-order chi connectivity index (χ1) is 14.9. The maximum atomic E-state index is 13.4. The van der Waals surface area contributed by atoms with Crippen molar-refractivity contribution in [3.8, 4) is 0 Å². The molecule has 2 aromatic carbocycles. The molecular weight excluding hydrogens is 408 g/mol. The predicted octanol–water partition coefficient (Wildman–Crippen LogP) is 3.97. The van der Waals surface area contributed by atoms with E-state index >= 15 is 0 Å². The average molecular weight is 437 g/mol. The summed E-state index contributed by atoms with van der Waals surface area (Å²) in [4.78, 5) is 9.47. The van der Waals surface area contributed by atoms with Crippen molar-refractivity contribution in [1.82, 2.24) is 20.8 Å². The number of hydrazine groups is 1. The van der Waals surface area contributed by atoms with Gasteiger partial charge in [0.15, 0.2) is 5.03 Å². The fourth-order valence-corrected chi connectivity index (χ4v) is 6.54. The number of hydrogen-bond acceptors (Lipinski definition) is 6. The standard InChI is InChI=1S/C24H28N4O2S/c1-16-6-7-17(2)21(14-16)31(29,30)22-15-25-20-5-3-4-19(23(20)27-22)18-8-10-24(11-9-18)12-13-26-28-24/h3-7,14-15,18,26,28H,8-13H2,1-2H3. The van der Waals surface area contributed by atoms with Crippen molar-refractivity contribution in [3.63, 3.8) is 0 Å². The van der Waals surface area contributed by atoms with Crippen LogP contribution < -0.4 is 10.9 Å².